The first-order valence-electron chi connectivity index (χ1n) is 8.44. The fourth-order valence-electron chi connectivity index (χ4n) is 3.86. The van der Waals surface area contributed by atoms with Crippen molar-refractivity contribution in [2.24, 2.45) is 0 Å². The smallest absolute Gasteiger partial charge is 0.135 e. The van der Waals surface area contributed by atoms with Crippen LogP contribution in [-0.2, 0) is 12.8 Å². The van der Waals surface area contributed by atoms with E-state index < -0.39 is 0 Å². The summed E-state index contributed by atoms with van der Waals surface area (Å²) in [5.41, 5.74) is 2.75. The van der Waals surface area contributed by atoms with Crippen molar-refractivity contribution >= 4 is 5.82 Å². The molecule has 1 N–H and O–H groups in total. The predicted molar refractivity (Wildman–Crippen MR) is 83.7 cm³/mol. The van der Waals surface area contributed by atoms with Crippen LogP contribution in [0.2, 0.25) is 0 Å². The highest BCUT2D eigenvalue weighted by Crippen LogP contribution is 2.30. The predicted octanol–water partition coefficient (Wildman–Crippen LogP) is 0.839. The molecule has 0 radical (unpaired) electrons. The zero-order valence-corrected chi connectivity index (χ0v) is 12.7. The van der Waals surface area contributed by atoms with Crippen LogP contribution in [0.15, 0.2) is 6.33 Å². The maximum Gasteiger partial charge on any atom is 0.135 e. The number of nitrogens with one attached hydrogen (secondary N) is 1. The van der Waals surface area contributed by atoms with Gasteiger partial charge in [0.15, 0.2) is 0 Å². The van der Waals surface area contributed by atoms with Gasteiger partial charge in [-0.2, -0.15) is 0 Å². The first-order chi connectivity index (χ1) is 10.4. The summed E-state index contributed by atoms with van der Waals surface area (Å²) in [4.78, 5) is 14.3. The van der Waals surface area contributed by atoms with Gasteiger partial charge in [0, 0.05) is 56.6 Å². The third-order valence-electron chi connectivity index (χ3n) is 5.18. The van der Waals surface area contributed by atoms with E-state index in [1.54, 1.807) is 6.33 Å². The van der Waals surface area contributed by atoms with E-state index in [1.165, 1.54) is 55.8 Å². The molecule has 2 aliphatic heterocycles. The average Bonchev–Trinajstić information content (AvgIpc) is 2.73. The Balaban J connectivity index is 1.46. The summed E-state index contributed by atoms with van der Waals surface area (Å²) in [6, 6.07) is 0.725. The molecule has 21 heavy (non-hydrogen) atoms. The Morgan fingerprint density at radius 3 is 2.67 bits per heavy atom. The van der Waals surface area contributed by atoms with Crippen LogP contribution in [0.3, 0.4) is 0 Å². The van der Waals surface area contributed by atoms with Crippen LogP contribution in [-0.4, -0.2) is 60.2 Å². The highest BCUT2D eigenvalue weighted by Gasteiger charge is 2.34. The number of hydrogen-bond acceptors (Lipinski definition) is 5. The van der Waals surface area contributed by atoms with Gasteiger partial charge in [-0.1, -0.05) is 6.42 Å². The number of piperazine rings is 1. The number of nitrogens with zero attached hydrogens (tertiary/aromatic N) is 4. The molecule has 0 amide bonds. The van der Waals surface area contributed by atoms with E-state index in [1.807, 2.05) is 0 Å². The van der Waals surface area contributed by atoms with Crippen molar-refractivity contribution in [2.75, 3.05) is 44.2 Å². The molecule has 1 aliphatic carbocycles. The molecule has 0 saturated carbocycles. The quantitative estimate of drug-likeness (QED) is 0.817. The molecule has 114 valence electrons. The number of fused-ring (bicyclic) bond motifs is 1. The highest BCUT2D eigenvalue weighted by atomic mass is 15.3. The molecule has 0 unspecified atom stereocenters. The fraction of sp³-hybridized carbons (Fsp3) is 0.750. The van der Waals surface area contributed by atoms with Crippen molar-refractivity contribution in [1.82, 2.24) is 20.2 Å². The summed E-state index contributed by atoms with van der Waals surface area (Å²) in [5, 5.41) is 3.43. The molecule has 5 heteroatoms. The second-order valence-corrected chi connectivity index (χ2v) is 6.53. The van der Waals surface area contributed by atoms with Crippen LogP contribution >= 0.6 is 0 Å². The largest absolute Gasteiger partial charge is 0.353 e. The highest BCUT2D eigenvalue weighted by molar-refractivity contribution is 5.51. The van der Waals surface area contributed by atoms with E-state index in [-0.39, 0.29) is 0 Å². The molecular weight excluding hydrogens is 262 g/mol. The van der Waals surface area contributed by atoms with E-state index in [0.29, 0.717) is 0 Å². The summed E-state index contributed by atoms with van der Waals surface area (Å²) < 4.78 is 0. The SMILES string of the molecule is c1nc2c(c(N3CC(N4CCNCC4)C3)n1)CCCCC2. The van der Waals surface area contributed by atoms with E-state index in [4.69, 9.17) is 0 Å². The third-order valence-corrected chi connectivity index (χ3v) is 5.18. The zero-order chi connectivity index (χ0) is 14.1. The van der Waals surface area contributed by atoms with Crippen molar-refractivity contribution in [1.29, 1.82) is 0 Å². The number of aryl methyl sites for hydroxylation is 1. The normalized spacial score (nSPS) is 24.3. The summed E-state index contributed by atoms with van der Waals surface area (Å²) >= 11 is 0. The van der Waals surface area contributed by atoms with Crippen LogP contribution < -0.4 is 10.2 Å². The van der Waals surface area contributed by atoms with Gasteiger partial charge >= 0.3 is 0 Å². The maximum absolute atomic E-state index is 4.62. The molecule has 4 rings (SSSR count). The minimum Gasteiger partial charge on any atom is -0.353 e. The summed E-state index contributed by atoms with van der Waals surface area (Å²) in [6.07, 6.45) is 7.99. The summed E-state index contributed by atoms with van der Waals surface area (Å²) in [6.45, 7) is 6.95. The van der Waals surface area contributed by atoms with Crippen molar-refractivity contribution < 1.29 is 0 Å². The maximum atomic E-state index is 4.62. The van der Waals surface area contributed by atoms with Crippen molar-refractivity contribution in [2.45, 2.75) is 38.1 Å². The Labute approximate surface area is 126 Å². The molecule has 0 spiro atoms. The van der Waals surface area contributed by atoms with Crippen LogP contribution in [0, 0.1) is 0 Å². The molecule has 1 aromatic heterocycles. The first kappa shape index (κ1) is 13.5. The van der Waals surface area contributed by atoms with Crippen LogP contribution in [0.4, 0.5) is 5.82 Å². The summed E-state index contributed by atoms with van der Waals surface area (Å²) in [5.74, 6) is 1.23. The minimum atomic E-state index is 0.725. The number of hydrogen-bond donors (Lipinski definition) is 1. The lowest BCUT2D eigenvalue weighted by molar-refractivity contribution is 0.147. The second-order valence-electron chi connectivity index (χ2n) is 6.53. The van der Waals surface area contributed by atoms with Gasteiger partial charge < -0.3 is 10.2 Å². The molecule has 5 nitrogen and oxygen atoms in total. The molecule has 0 bridgehead atoms. The van der Waals surface area contributed by atoms with Crippen molar-refractivity contribution in [3.63, 3.8) is 0 Å². The zero-order valence-electron chi connectivity index (χ0n) is 12.7. The third kappa shape index (κ3) is 2.64. The molecular formula is C16H25N5. The average molecular weight is 287 g/mol. The Morgan fingerprint density at radius 2 is 1.81 bits per heavy atom. The lowest BCUT2D eigenvalue weighted by Crippen LogP contribution is -2.63. The molecule has 2 saturated heterocycles. The minimum absolute atomic E-state index is 0.725. The number of aromatic nitrogens is 2. The summed E-state index contributed by atoms with van der Waals surface area (Å²) in [7, 11) is 0. The van der Waals surface area contributed by atoms with Gasteiger partial charge in [0.2, 0.25) is 0 Å². The molecule has 3 aliphatic rings. The first-order valence-corrected chi connectivity index (χ1v) is 8.44. The molecule has 3 heterocycles. The van der Waals surface area contributed by atoms with Gasteiger partial charge in [-0.05, 0) is 25.7 Å². The van der Waals surface area contributed by atoms with E-state index in [0.717, 1.165) is 38.6 Å². The van der Waals surface area contributed by atoms with E-state index in [9.17, 15) is 0 Å². The van der Waals surface area contributed by atoms with Crippen LogP contribution in [0.5, 0.6) is 0 Å². The topological polar surface area (TPSA) is 44.3 Å². The molecule has 0 atom stereocenters. The van der Waals surface area contributed by atoms with Crippen molar-refractivity contribution in [3.8, 4) is 0 Å². The second kappa shape index (κ2) is 5.89. The van der Waals surface area contributed by atoms with Gasteiger partial charge in [-0.3, -0.25) is 4.90 Å². The van der Waals surface area contributed by atoms with Gasteiger partial charge in [0.1, 0.15) is 12.1 Å². The lowest BCUT2D eigenvalue weighted by Gasteiger charge is -2.47. The van der Waals surface area contributed by atoms with Crippen LogP contribution in [0.25, 0.3) is 0 Å². The molecule has 2 fully saturated rings. The Morgan fingerprint density at radius 1 is 1.00 bits per heavy atom. The standard InChI is InChI=1S/C16H25N5/c1-2-4-14-15(5-3-1)18-12-19-16(14)21-10-13(11-21)20-8-6-17-7-9-20/h12-13,17H,1-11H2. The van der Waals surface area contributed by atoms with Gasteiger partial charge in [-0.25, -0.2) is 9.97 Å². The number of rotatable bonds is 2. The van der Waals surface area contributed by atoms with Gasteiger partial charge in [0.05, 0.1) is 0 Å². The Hall–Kier alpha value is -1.20. The van der Waals surface area contributed by atoms with E-state index >= 15 is 0 Å². The number of anilines is 1. The van der Waals surface area contributed by atoms with Crippen LogP contribution in [0.1, 0.15) is 30.5 Å². The van der Waals surface area contributed by atoms with Gasteiger partial charge in [-0.15, -0.1) is 0 Å². The molecule has 0 aromatic carbocycles. The Kier molecular flexibility index (Phi) is 3.78. The van der Waals surface area contributed by atoms with E-state index in [2.05, 4.69) is 25.1 Å². The monoisotopic (exact) mass is 287 g/mol. The van der Waals surface area contributed by atoms with Crippen molar-refractivity contribution in [3.05, 3.63) is 17.6 Å². The fourth-order valence-corrected chi connectivity index (χ4v) is 3.86. The van der Waals surface area contributed by atoms with Gasteiger partial charge in [0.25, 0.3) is 0 Å². The Bertz CT molecular complexity index is 491. The lowest BCUT2D eigenvalue weighted by atomic mass is 10.0. The molecule has 1 aromatic rings.